The van der Waals surface area contributed by atoms with Crippen LogP contribution in [0.2, 0.25) is 0 Å². The lowest BCUT2D eigenvalue weighted by Gasteiger charge is -2.14. The monoisotopic (exact) mass is 233 g/mol. The molecule has 1 saturated carbocycles. The molecule has 0 amide bonds. The summed E-state index contributed by atoms with van der Waals surface area (Å²) in [7, 11) is 2.00. The van der Waals surface area contributed by atoms with Gasteiger partial charge >= 0.3 is 0 Å². The lowest BCUT2D eigenvalue weighted by Crippen LogP contribution is -2.27. The van der Waals surface area contributed by atoms with Gasteiger partial charge in [0.25, 0.3) is 0 Å². The number of ether oxygens (including phenoxy) is 2. The zero-order valence-corrected chi connectivity index (χ0v) is 9.81. The second kappa shape index (κ2) is 4.04. The van der Waals surface area contributed by atoms with Crippen LogP contribution in [0.25, 0.3) is 0 Å². The summed E-state index contributed by atoms with van der Waals surface area (Å²) >= 11 is 0. The second-order valence-corrected chi connectivity index (χ2v) is 4.64. The zero-order chi connectivity index (χ0) is 11.8. The maximum absolute atomic E-state index is 12.0. The first kappa shape index (κ1) is 10.6. The number of Topliss-reactive ketones (excluding diaryl/α,β-unsaturated/α-hetero) is 1. The third kappa shape index (κ3) is 2.13. The smallest absolute Gasteiger partial charge is 0.231 e. The molecule has 1 aromatic carbocycles. The van der Waals surface area contributed by atoms with Crippen LogP contribution >= 0.6 is 0 Å². The lowest BCUT2D eigenvalue weighted by atomic mass is 10.1. The minimum absolute atomic E-state index is 0.137. The molecule has 0 atom stereocenters. The van der Waals surface area contributed by atoms with Crippen molar-refractivity contribution >= 4 is 5.78 Å². The molecule has 4 heteroatoms. The van der Waals surface area contributed by atoms with Crippen LogP contribution in [0.15, 0.2) is 18.2 Å². The second-order valence-electron chi connectivity index (χ2n) is 4.64. The van der Waals surface area contributed by atoms with Crippen LogP contribution in [0, 0.1) is 0 Å². The number of ketones is 1. The Labute approximate surface area is 100 Å². The van der Waals surface area contributed by atoms with Gasteiger partial charge in [-0.25, -0.2) is 0 Å². The normalized spacial score (nSPS) is 17.5. The summed E-state index contributed by atoms with van der Waals surface area (Å²) in [6, 6.07) is 5.97. The number of likely N-dealkylation sites (N-methyl/N-ethyl adjacent to an activating group) is 1. The quantitative estimate of drug-likeness (QED) is 0.742. The molecule has 90 valence electrons. The molecule has 0 spiro atoms. The predicted molar refractivity (Wildman–Crippen MR) is 62.5 cm³/mol. The van der Waals surface area contributed by atoms with Crippen LogP contribution in [0.3, 0.4) is 0 Å². The van der Waals surface area contributed by atoms with E-state index in [0.29, 0.717) is 23.9 Å². The van der Waals surface area contributed by atoms with Crippen molar-refractivity contribution in [1.82, 2.24) is 4.90 Å². The van der Waals surface area contributed by atoms with E-state index < -0.39 is 0 Å². The van der Waals surface area contributed by atoms with E-state index in [9.17, 15) is 4.79 Å². The highest BCUT2D eigenvalue weighted by Crippen LogP contribution is 2.33. The molecule has 1 aromatic rings. The minimum Gasteiger partial charge on any atom is -0.454 e. The Bertz CT molecular complexity index is 454. The number of nitrogens with zero attached hydrogens (tertiary/aromatic N) is 1. The van der Waals surface area contributed by atoms with Gasteiger partial charge in [-0.3, -0.25) is 9.69 Å². The third-order valence-electron chi connectivity index (χ3n) is 3.26. The fourth-order valence-corrected chi connectivity index (χ4v) is 2.03. The summed E-state index contributed by atoms with van der Waals surface area (Å²) < 4.78 is 10.5. The van der Waals surface area contributed by atoms with Crippen molar-refractivity contribution in [3.05, 3.63) is 23.8 Å². The van der Waals surface area contributed by atoms with Crippen LogP contribution in [0.1, 0.15) is 23.2 Å². The van der Waals surface area contributed by atoms with Gasteiger partial charge < -0.3 is 9.47 Å². The molecule has 1 heterocycles. The molecular weight excluding hydrogens is 218 g/mol. The maximum Gasteiger partial charge on any atom is 0.231 e. The van der Waals surface area contributed by atoms with E-state index in [1.165, 1.54) is 12.8 Å². The Morgan fingerprint density at radius 1 is 1.35 bits per heavy atom. The fraction of sp³-hybridized carbons (Fsp3) is 0.462. The number of carbonyl (C=O) groups excluding carboxylic acids is 1. The van der Waals surface area contributed by atoms with Gasteiger partial charge in [-0.1, -0.05) is 0 Å². The van der Waals surface area contributed by atoms with Crippen LogP contribution in [0.5, 0.6) is 11.5 Å². The Kier molecular flexibility index (Phi) is 2.52. The largest absolute Gasteiger partial charge is 0.454 e. The summed E-state index contributed by atoms with van der Waals surface area (Å²) in [5.41, 5.74) is 0.696. The van der Waals surface area contributed by atoms with E-state index in [0.717, 1.165) is 5.75 Å². The Balaban J connectivity index is 1.72. The number of rotatable bonds is 4. The predicted octanol–water partition coefficient (Wildman–Crippen LogP) is 1.69. The Hall–Kier alpha value is -1.55. The first-order valence-electron chi connectivity index (χ1n) is 5.87. The van der Waals surface area contributed by atoms with E-state index >= 15 is 0 Å². The van der Waals surface area contributed by atoms with Crippen molar-refractivity contribution in [2.75, 3.05) is 20.4 Å². The Morgan fingerprint density at radius 2 is 2.12 bits per heavy atom. The first-order valence-corrected chi connectivity index (χ1v) is 5.87. The van der Waals surface area contributed by atoms with Gasteiger partial charge in [0.05, 0.1) is 6.54 Å². The summed E-state index contributed by atoms with van der Waals surface area (Å²) in [5, 5.41) is 0. The molecule has 17 heavy (non-hydrogen) atoms. The van der Waals surface area contributed by atoms with Crippen LogP contribution in [-0.2, 0) is 0 Å². The molecule has 0 saturated heterocycles. The third-order valence-corrected chi connectivity index (χ3v) is 3.26. The molecule has 0 aromatic heterocycles. The maximum atomic E-state index is 12.0. The lowest BCUT2D eigenvalue weighted by molar-refractivity contribution is 0.0942. The molecule has 3 rings (SSSR count). The van der Waals surface area contributed by atoms with Gasteiger partial charge in [-0.15, -0.1) is 0 Å². The number of hydrogen-bond acceptors (Lipinski definition) is 4. The molecule has 2 aliphatic rings. The van der Waals surface area contributed by atoms with Gasteiger partial charge in [-0.05, 0) is 38.1 Å². The molecule has 0 bridgehead atoms. The summed E-state index contributed by atoms with van der Waals surface area (Å²) in [4.78, 5) is 14.2. The van der Waals surface area contributed by atoms with Gasteiger partial charge in [-0.2, -0.15) is 0 Å². The molecule has 4 nitrogen and oxygen atoms in total. The van der Waals surface area contributed by atoms with Gasteiger partial charge in [0.1, 0.15) is 0 Å². The van der Waals surface area contributed by atoms with Crippen LogP contribution < -0.4 is 9.47 Å². The van der Waals surface area contributed by atoms with E-state index in [1.54, 1.807) is 18.2 Å². The number of benzene rings is 1. The SMILES string of the molecule is CN(CC(=O)c1ccc2c(c1)OCO2)C1CC1. The van der Waals surface area contributed by atoms with Crippen molar-refractivity contribution in [1.29, 1.82) is 0 Å². The zero-order valence-electron chi connectivity index (χ0n) is 9.81. The van der Waals surface area contributed by atoms with Gasteiger partial charge in [0.15, 0.2) is 17.3 Å². The molecule has 0 unspecified atom stereocenters. The first-order chi connectivity index (χ1) is 8.24. The molecule has 0 radical (unpaired) electrons. The number of hydrogen-bond donors (Lipinski definition) is 0. The Morgan fingerprint density at radius 3 is 2.88 bits per heavy atom. The number of carbonyl (C=O) groups is 1. The van der Waals surface area contributed by atoms with E-state index in [2.05, 4.69) is 4.90 Å². The highest BCUT2D eigenvalue weighted by molar-refractivity contribution is 5.98. The minimum atomic E-state index is 0.137. The molecule has 1 aliphatic heterocycles. The number of fused-ring (bicyclic) bond motifs is 1. The molecule has 1 aliphatic carbocycles. The van der Waals surface area contributed by atoms with Crippen molar-refractivity contribution < 1.29 is 14.3 Å². The van der Waals surface area contributed by atoms with Crippen LogP contribution in [-0.4, -0.2) is 37.1 Å². The summed E-state index contributed by atoms with van der Waals surface area (Å²) in [5.74, 6) is 1.53. The summed E-state index contributed by atoms with van der Waals surface area (Å²) in [6.07, 6.45) is 2.43. The average Bonchev–Trinajstić information content (AvgIpc) is 3.07. The van der Waals surface area contributed by atoms with E-state index in [4.69, 9.17) is 9.47 Å². The highest BCUT2D eigenvalue weighted by Gasteiger charge is 2.27. The molecule has 1 fully saturated rings. The summed E-state index contributed by atoms with van der Waals surface area (Å²) in [6.45, 7) is 0.721. The van der Waals surface area contributed by atoms with Gasteiger partial charge in [0, 0.05) is 11.6 Å². The van der Waals surface area contributed by atoms with Crippen molar-refractivity contribution in [2.45, 2.75) is 18.9 Å². The van der Waals surface area contributed by atoms with Crippen LogP contribution in [0.4, 0.5) is 0 Å². The highest BCUT2D eigenvalue weighted by atomic mass is 16.7. The van der Waals surface area contributed by atoms with E-state index in [-0.39, 0.29) is 12.6 Å². The molecule has 0 N–H and O–H groups in total. The van der Waals surface area contributed by atoms with E-state index in [1.807, 2.05) is 7.05 Å². The van der Waals surface area contributed by atoms with Crippen molar-refractivity contribution in [3.8, 4) is 11.5 Å². The fourth-order valence-electron chi connectivity index (χ4n) is 2.03. The average molecular weight is 233 g/mol. The standard InChI is InChI=1S/C13H15NO3/c1-14(10-3-4-10)7-11(15)9-2-5-12-13(6-9)17-8-16-12/h2,5-6,10H,3-4,7-8H2,1H3. The van der Waals surface area contributed by atoms with Gasteiger partial charge in [0.2, 0.25) is 6.79 Å². The topological polar surface area (TPSA) is 38.8 Å². The molecular formula is C13H15NO3. The van der Waals surface area contributed by atoms with Crippen molar-refractivity contribution in [2.24, 2.45) is 0 Å². The van der Waals surface area contributed by atoms with Crippen molar-refractivity contribution in [3.63, 3.8) is 0 Å².